The lowest BCUT2D eigenvalue weighted by atomic mass is 9.91. The maximum absolute atomic E-state index is 11.0. The fourth-order valence-electron chi connectivity index (χ4n) is 3.27. The standard InChI is InChI=1S/C21H20N2O/c1-21(24,12-11-15-7-3-2-4-8-15)20-18-13-16-9-5-6-10-17(16)14-19(18)22-23-20/h2-10,13-14,24H,11-12H2,1H3,(H,22,23). The first kappa shape index (κ1) is 14.9. The van der Waals surface area contributed by atoms with Crippen LogP contribution in [0.4, 0.5) is 0 Å². The average molecular weight is 316 g/mol. The predicted molar refractivity (Wildman–Crippen MR) is 97.9 cm³/mol. The maximum atomic E-state index is 11.0. The van der Waals surface area contributed by atoms with E-state index in [2.05, 4.69) is 46.6 Å². The molecule has 1 aromatic heterocycles. The molecule has 0 saturated heterocycles. The SMILES string of the molecule is CC(O)(CCc1ccccc1)c1[nH]nc2cc3ccccc3cc12. The normalized spacial score (nSPS) is 14.1. The fourth-order valence-corrected chi connectivity index (χ4v) is 3.27. The van der Waals surface area contributed by atoms with Crippen molar-refractivity contribution in [1.29, 1.82) is 0 Å². The van der Waals surface area contributed by atoms with Crippen LogP contribution < -0.4 is 0 Å². The number of aromatic nitrogens is 2. The van der Waals surface area contributed by atoms with Crippen molar-refractivity contribution in [2.45, 2.75) is 25.4 Å². The van der Waals surface area contributed by atoms with Gasteiger partial charge in [-0.05, 0) is 48.2 Å². The quantitative estimate of drug-likeness (QED) is 0.580. The van der Waals surface area contributed by atoms with Gasteiger partial charge in [0.05, 0.1) is 11.2 Å². The monoisotopic (exact) mass is 316 g/mol. The van der Waals surface area contributed by atoms with Crippen LogP contribution in [0.3, 0.4) is 0 Å². The van der Waals surface area contributed by atoms with Gasteiger partial charge in [-0.2, -0.15) is 5.10 Å². The van der Waals surface area contributed by atoms with E-state index in [1.807, 2.05) is 37.3 Å². The van der Waals surface area contributed by atoms with Crippen molar-refractivity contribution in [3.63, 3.8) is 0 Å². The van der Waals surface area contributed by atoms with Crippen LogP contribution >= 0.6 is 0 Å². The fraction of sp³-hybridized carbons (Fsp3) is 0.190. The topological polar surface area (TPSA) is 48.9 Å². The van der Waals surface area contributed by atoms with E-state index < -0.39 is 5.60 Å². The molecule has 0 spiro atoms. The van der Waals surface area contributed by atoms with Gasteiger partial charge in [-0.25, -0.2) is 0 Å². The van der Waals surface area contributed by atoms with Gasteiger partial charge in [-0.1, -0.05) is 54.6 Å². The first-order chi connectivity index (χ1) is 11.6. The molecule has 3 heteroatoms. The van der Waals surface area contributed by atoms with Gasteiger partial charge in [0.2, 0.25) is 0 Å². The second-order valence-corrected chi connectivity index (χ2v) is 6.57. The number of H-pyrrole nitrogens is 1. The molecule has 0 saturated carbocycles. The van der Waals surface area contributed by atoms with Crippen molar-refractivity contribution in [2.75, 3.05) is 0 Å². The summed E-state index contributed by atoms with van der Waals surface area (Å²) < 4.78 is 0. The van der Waals surface area contributed by atoms with Crippen molar-refractivity contribution in [1.82, 2.24) is 10.2 Å². The third-order valence-corrected chi connectivity index (χ3v) is 4.70. The zero-order chi connectivity index (χ0) is 16.6. The number of rotatable bonds is 4. The third kappa shape index (κ3) is 2.68. The summed E-state index contributed by atoms with van der Waals surface area (Å²) in [4.78, 5) is 0. The van der Waals surface area contributed by atoms with Crippen LogP contribution in [-0.4, -0.2) is 15.3 Å². The minimum atomic E-state index is -0.951. The number of hydrogen-bond acceptors (Lipinski definition) is 2. The molecular formula is C21H20N2O. The molecule has 0 radical (unpaired) electrons. The predicted octanol–water partition coefficient (Wildman–Crippen LogP) is 4.56. The molecular weight excluding hydrogens is 296 g/mol. The van der Waals surface area contributed by atoms with Gasteiger partial charge in [0.1, 0.15) is 5.60 Å². The van der Waals surface area contributed by atoms with Crippen molar-refractivity contribution >= 4 is 21.7 Å². The average Bonchev–Trinajstić information content (AvgIpc) is 3.02. The first-order valence-corrected chi connectivity index (χ1v) is 8.27. The van der Waals surface area contributed by atoms with Gasteiger partial charge in [0, 0.05) is 5.39 Å². The molecule has 4 rings (SSSR count). The summed E-state index contributed by atoms with van der Waals surface area (Å²) in [6, 6.07) is 22.7. The molecule has 1 unspecified atom stereocenters. The summed E-state index contributed by atoms with van der Waals surface area (Å²) in [6.07, 6.45) is 1.46. The number of aliphatic hydroxyl groups is 1. The molecule has 0 aliphatic heterocycles. The van der Waals surface area contributed by atoms with Gasteiger partial charge in [0.25, 0.3) is 0 Å². The van der Waals surface area contributed by atoms with Crippen LogP contribution in [-0.2, 0) is 12.0 Å². The Hall–Kier alpha value is -2.65. The lowest BCUT2D eigenvalue weighted by Crippen LogP contribution is -2.23. The molecule has 1 heterocycles. The van der Waals surface area contributed by atoms with Crippen LogP contribution in [0.5, 0.6) is 0 Å². The van der Waals surface area contributed by atoms with Crippen molar-refractivity contribution in [3.05, 3.63) is 78.0 Å². The zero-order valence-electron chi connectivity index (χ0n) is 13.7. The van der Waals surface area contributed by atoms with E-state index in [0.29, 0.717) is 6.42 Å². The highest BCUT2D eigenvalue weighted by atomic mass is 16.3. The largest absolute Gasteiger partial charge is 0.384 e. The van der Waals surface area contributed by atoms with Crippen molar-refractivity contribution < 1.29 is 5.11 Å². The minimum absolute atomic E-state index is 0.640. The van der Waals surface area contributed by atoms with E-state index >= 15 is 0 Å². The van der Waals surface area contributed by atoms with Gasteiger partial charge in [0.15, 0.2) is 0 Å². The minimum Gasteiger partial charge on any atom is -0.384 e. The van der Waals surface area contributed by atoms with E-state index in [0.717, 1.165) is 33.8 Å². The molecule has 4 aromatic rings. The molecule has 0 amide bonds. The number of nitrogens with one attached hydrogen (secondary N) is 1. The van der Waals surface area contributed by atoms with Crippen molar-refractivity contribution in [3.8, 4) is 0 Å². The maximum Gasteiger partial charge on any atom is 0.104 e. The number of aryl methyl sites for hydroxylation is 1. The Bertz CT molecular complexity index is 987. The van der Waals surface area contributed by atoms with Gasteiger partial charge >= 0.3 is 0 Å². The molecule has 120 valence electrons. The molecule has 24 heavy (non-hydrogen) atoms. The van der Waals surface area contributed by atoms with E-state index in [-0.39, 0.29) is 0 Å². The second-order valence-electron chi connectivity index (χ2n) is 6.57. The van der Waals surface area contributed by atoms with Gasteiger partial charge < -0.3 is 5.11 Å². The van der Waals surface area contributed by atoms with Crippen molar-refractivity contribution in [2.24, 2.45) is 0 Å². The van der Waals surface area contributed by atoms with Crippen LogP contribution in [0.25, 0.3) is 21.7 Å². The Kier molecular flexibility index (Phi) is 3.58. The van der Waals surface area contributed by atoms with E-state index in [4.69, 9.17) is 0 Å². The molecule has 1 atom stereocenters. The molecule has 3 aromatic carbocycles. The molecule has 0 aliphatic carbocycles. The number of aromatic amines is 1. The van der Waals surface area contributed by atoms with E-state index in [9.17, 15) is 5.11 Å². The van der Waals surface area contributed by atoms with Crippen LogP contribution in [0.1, 0.15) is 24.6 Å². The third-order valence-electron chi connectivity index (χ3n) is 4.70. The number of fused-ring (bicyclic) bond motifs is 2. The summed E-state index contributed by atoms with van der Waals surface area (Å²) in [6.45, 7) is 1.86. The summed E-state index contributed by atoms with van der Waals surface area (Å²) in [5.41, 5.74) is 1.96. The Labute approximate surface area is 141 Å². The summed E-state index contributed by atoms with van der Waals surface area (Å²) in [5.74, 6) is 0. The first-order valence-electron chi connectivity index (χ1n) is 8.27. The molecule has 0 fully saturated rings. The van der Waals surface area contributed by atoms with Crippen LogP contribution in [0.15, 0.2) is 66.7 Å². The highest BCUT2D eigenvalue weighted by Crippen LogP contribution is 2.32. The van der Waals surface area contributed by atoms with E-state index in [1.165, 1.54) is 5.56 Å². The molecule has 0 aliphatic rings. The number of hydrogen-bond donors (Lipinski definition) is 2. The Balaban J connectivity index is 1.70. The lowest BCUT2D eigenvalue weighted by molar-refractivity contribution is 0.0449. The smallest absolute Gasteiger partial charge is 0.104 e. The Morgan fingerprint density at radius 3 is 2.38 bits per heavy atom. The molecule has 3 nitrogen and oxygen atoms in total. The second kappa shape index (κ2) is 5.77. The summed E-state index contributed by atoms with van der Waals surface area (Å²) in [5, 5.41) is 21.8. The summed E-state index contributed by atoms with van der Waals surface area (Å²) >= 11 is 0. The Morgan fingerprint density at radius 1 is 0.958 bits per heavy atom. The molecule has 2 N–H and O–H groups in total. The van der Waals surface area contributed by atoms with Gasteiger partial charge in [-0.15, -0.1) is 0 Å². The van der Waals surface area contributed by atoms with E-state index in [1.54, 1.807) is 0 Å². The number of benzene rings is 3. The highest BCUT2D eigenvalue weighted by Gasteiger charge is 2.27. The van der Waals surface area contributed by atoms with Crippen LogP contribution in [0, 0.1) is 0 Å². The lowest BCUT2D eigenvalue weighted by Gasteiger charge is -2.22. The molecule has 0 bridgehead atoms. The summed E-state index contributed by atoms with van der Waals surface area (Å²) in [7, 11) is 0. The zero-order valence-corrected chi connectivity index (χ0v) is 13.7. The Morgan fingerprint density at radius 2 is 1.62 bits per heavy atom. The van der Waals surface area contributed by atoms with Gasteiger partial charge in [-0.3, -0.25) is 5.10 Å². The van der Waals surface area contributed by atoms with Crippen LogP contribution in [0.2, 0.25) is 0 Å². The highest BCUT2D eigenvalue weighted by molar-refractivity contribution is 5.97. The number of nitrogens with zero attached hydrogens (tertiary/aromatic N) is 1.